The first-order valence-electron chi connectivity index (χ1n) is 9.54. The van der Waals surface area contributed by atoms with E-state index in [2.05, 4.69) is 5.10 Å². The molecule has 0 saturated carbocycles. The van der Waals surface area contributed by atoms with Crippen LogP contribution in [0.5, 0.6) is 11.5 Å². The third-order valence-corrected chi connectivity index (χ3v) is 5.28. The number of phenols is 1. The monoisotopic (exact) mass is 398 g/mol. The molecule has 0 radical (unpaired) electrons. The highest BCUT2D eigenvalue weighted by molar-refractivity contribution is 6.07. The molecule has 0 spiro atoms. The summed E-state index contributed by atoms with van der Waals surface area (Å²) in [5.74, 6) is -0.0303. The average molecular weight is 398 g/mol. The lowest BCUT2D eigenvalue weighted by Gasteiger charge is -2.31. The maximum absolute atomic E-state index is 13.9. The van der Waals surface area contributed by atoms with Gasteiger partial charge in [-0.15, -0.1) is 0 Å². The lowest BCUT2D eigenvalue weighted by Crippen LogP contribution is -2.41. The van der Waals surface area contributed by atoms with Crippen LogP contribution in [0.3, 0.4) is 0 Å². The summed E-state index contributed by atoms with van der Waals surface area (Å²) in [6.45, 7) is 1.27. The number of carbonyl (C=O) groups is 1. The molecule has 2 atom stereocenters. The summed E-state index contributed by atoms with van der Waals surface area (Å²) in [4.78, 5) is 14.7. The molecule has 2 aromatic rings. The van der Waals surface area contributed by atoms with Crippen molar-refractivity contribution < 1.29 is 19.0 Å². The average Bonchev–Trinajstić information content (AvgIpc) is 3.11. The number of hydrogen-bond donors (Lipinski definition) is 2. The molecule has 0 aromatic heterocycles. The Morgan fingerprint density at radius 2 is 2.21 bits per heavy atom. The van der Waals surface area contributed by atoms with Crippen molar-refractivity contribution in [2.45, 2.75) is 12.5 Å². The van der Waals surface area contributed by atoms with Crippen molar-refractivity contribution in [3.05, 3.63) is 59.4 Å². The zero-order valence-electron chi connectivity index (χ0n) is 16.1. The van der Waals surface area contributed by atoms with Gasteiger partial charge in [-0.05, 0) is 48.9 Å². The number of benzene rings is 2. The highest BCUT2D eigenvalue weighted by Crippen LogP contribution is 2.43. The predicted molar refractivity (Wildman–Crippen MR) is 106 cm³/mol. The van der Waals surface area contributed by atoms with Crippen LogP contribution in [0.15, 0.2) is 47.6 Å². The Morgan fingerprint density at radius 3 is 2.97 bits per heavy atom. The first kappa shape index (κ1) is 19.2. The third kappa shape index (κ3) is 3.51. The molecule has 0 unspecified atom stereocenters. The number of hydrogen-bond acceptors (Lipinski definition) is 5. The first-order chi connectivity index (χ1) is 14.0. The van der Waals surface area contributed by atoms with Crippen molar-refractivity contribution in [1.82, 2.24) is 9.91 Å². The summed E-state index contributed by atoms with van der Waals surface area (Å²) in [6.07, 6.45) is 0.671. The first-order valence-corrected chi connectivity index (χ1v) is 9.54. The quantitative estimate of drug-likeness (QED) is 0.828. The number of nitrogens with zero attached hydrogens (tertiary/aromatic N) is 3. The molecule has 8 heteroatoms. The second-order valence-corrected chi connectivity index (χ2v) is 7.27. The number of ether oxygens (including phenoxy) is 1. The van der Waals surface area contributed by atoms with Gasteiger partial charge in [-0.2, -0.15) is 5.10 Å². The van der Waals surface area contributed by atoms with E-state index in [1.165, 1.54) is 17.1 Å². The summed E-state index contributed by atoms with van der Waals surface area (Å²) in [6, 6.07) is 10.3. The molecule has 2 heterocycles. The molecule has 7 nitrogen and oxygen atoms in total. The van der Waals surface area contributed by atoms with Crippen LogP contribution >= 0.6 is 0 Å². The number of rotatable bonds is 4. The van der Waals surface area contributed by atoms with Crippen molar-refractivity contribution in [2.24, 2.45) is 16.8 Å². The minimum atomic E-state index is -0.471. The molecule has 2 aromatic carbocycles. The molecular weight excluding hydrogens is 375 g/mol. The van der Waals surface area contributed by atoms with E-state index in [9.17, 15) is 14.3 Å². The van der Waals surface area contributed by atoms with Gasteiger partial charge in [0.15, 0.2) is 0 Å². The predicted octanol–water partition coefficient (Wildman–Crippen LogP) is 2.70. The van der Waals surface area contributed by atoms with E-state index >= 15 is 0 Å². The van der Waals surface area contributed by atoms with Crippen LogP contribution in [0.2, 0.25) is 0 Å². The van der Waals surface area contributed by atoms with E-state index in [-0.39, 0.29) is 17.7 Å². The van der Waals surface area contributed by atoms with Crippen LogP contribution in [-0.2, 0) is 0 Å². The van der Waals surface area contributed by atoms with Crippen molar-refractivity contribution in [2.75, 3.05) is 26.7 Å². The number of hydrazone groups is 1. The van der Waals surface area contributed by atoms with Gasteiger partial charge in [-0.1, -0.05) is 12.1 Å². The van der Waals surface area contributed by atoms with Gasteiger partial charge >= 0.3 is 6.03 Å². The maximum Gasteiger partial charge on any atom is 0.340 e. The van der Waals surface area contributed by atoms with Gasteiger partial charge in [0.1, 0.15) is 17.3 Å². The highest BCUT2D eigenvalue weighted by Gasteiger charge is 2.45. The zero-order chi connectivity index (χ0) is 20.5. The summed E-state index contributed by atoms with van der Waals surface area (Å²) in [7, 11) is 1.70. The number of amides is 2. The minimum absolute atomic E-state index is 0.100. The SMILES string of the molecule is CN(CCCN)C(=O)N1N=C2c3cc(F)ccc3OC[C@@H]2[C@H]1c1cccc(O)c1. The Kier molecular flexibility index (Phi) is 5.10. The molecule has 0 bridgehead atoms. The molecule has 0 fully saturated rings. The summed E-state index contributed by atoms with van der Waals surface area (Å²) in [5, 5.41) is 16.0. The summed E-state index contributed by atoms with van der Waals surface area (Å²) >= 11 is 0. The molecule has 2 aliphatic heterocycles. The Labute approximate surface area is 168 Å². The minimum Gasteiger partial charge on any atom is -0.508 e. The Morgan fingerprint density at radius 1 is 1.38 bits per heavy atom. The van der Waals surface area contributed by atoms with Gasteiger partial charge in [0.2, 0.25) is 0 Å². The van der Waals surface area contributed by atoms with Crippen molar-refractivity contribution in [3.8, 4) is 11.5 Å². The molecule has 4 rings (SSSR count). The zero-order valence-corrected chi connectivity index (χ0v) is 16.1. The van der Waals surface area contributed by atoms with Gasteiger partial charge < -0.3 is 20.5 Å². The molecule has 152 valence electrons. The molecule has 0 aliphatic carbocycles. The van der Waals surface area contributed by atoms with E-state index in [1.54, 1.807) is 36.2 Å². The van der Waals surface area contributed by atoms with Crippen LogP contribution in [0.4, 0.5) is 9.18 Å². The van der Waals surface area contributed by atoms with Gasteiger partial charge in [0.05, 0.1) is 24.3 Å². The second-order valence-electron chi connectivity index (χ2n) is 7.27. The van der Waals surface area contributed by atoms with E-state index in [0.29, 0.717) is 43.1 Å². The Bertz CT molecular complexity index is 965. The fraction of sp³-hybridized carbons (Fsp3) is 0.333. The second kappa shape index (κ2) is 7.71. The maximum atomic E-state index is 13.9. The van der Waals surface area contributed by atoms with Crippen LogP contribution in [0.1, 0.15) is 23.6 Å². The topological polar surface area (TPSA) is 91.4 Å². The largest absolute Gasteiger partial charge is 0.508 e. The van der Waals surface area contributed by atoms with Crippen LogP contribution < -0.4 is 10.5 Å². The van der Waals surface area contributed by atoms with Crippen LogP contribution in [-0.4, -0.2) is 53.5 Å². The fourth-order valence-electron chi connectivity index (χ4n) is 3.85. The normalized spacial score (nSPS) is 19.8. The fourth-order valence-corrected chi connectivity index (χ4v) is 3.85. The number of fused-ring (bicyclic) bond motifs is 3. The summed E-state index contributed by atoms with van der Waals surface area (Å²) in [5.41, 5.74) is 7.46. The highest BCUT2D eigenvalue weighted by atomic mass is 19.1. The summed E-state index contributed by atoms with van der Waals surface area (Å²) < 4.78 is 19.8. The van der Waals surface area contributed by atoms with E-state index in [1.807, 2.05) is 6.07 Å². The number of urea groups is 1. The smallest absolute Gasteiger partial charge is 0.340 e. The van der Waals surface area contributed by atoms with E-state index in [4.69, 9.17) is 10.5 Å². The van der Waals surface area contributed by atoms with Crippen molar-refractivity contribution >= 4 is 11.7 Å². The lowest BCUT2D eigenvalue weighted by molar-refractivity contribution is 0.133. The number of nitrogens with two attached hydrogens (primary N) is 1. The molecule has 2 amide bonds. The standard InChI is InChI=1S/C21H23FN4O3/c1-25(9-3-8-23)21(28)26-20(13-4-2-5-15(27)10-13)17-12-29-18-7-6-14(22)11-16(18)19(17)24-26/h2,4-7,10-11,17,20,27H,3,8-9,12,23H2,1H3/t17-,20+/m0/s1. The van der Waals surface area contributed by atoms with E-state index in [0.717, 1.165) is 5.56 Å². The van der Waals surface area contributed by atoms with Crippen LogP contribution in [0, 0.1) is 11.7 Å². The number of aromatic hydroxyl groups is 1. The molecule has 0 saturated heterocycles. The van der Waals surface area contributed by atoms with Gasteiger partial charge in [0.25, 0.3) is 0 Å². The van der Waals surface area contributed by atoms with Crippen LogP contribution in [0.25, 0.3) is 0 Å². The number of carbonyl (C=O) groups excluding carboxylic acids is 1. The van der Waals surface area contributed by atoms with Crippen molar-refractivity contribution in [1.29, 1.82) is 0 Å². The molecule has 3 N–H and O–H groups in total. The lowest BCUT2D eigenvalue weighted by atomic mass is 9.86. The third-order valence-electron chi connectivity index (χ3n) is 5.28. The van der Waals surface area contributed by atoms with Crippen molar-refractivity contribution in [3.63, 3.8) is 0 Å². The number of halogens is 1. The molecular formula is C21H23FN4O3. The number of phenolic OH excluding ortho intramolecular Hbond substituents is 1. The van der Waals surface area contributed by atoms with E-state index < -0.39 is 11.9 Å². The van der Waals surface area contributed by atoms with Gasteiger partial charge in [-0.25, -0.2) is 14.2 Å². The Hall–Kier alpha value is -3.13. The van der Waals surface area contributed by atoms with Gasteiger partial charge in [0, 0.05) is 19.2 Å². The molecule has 29 heavy (non-hydrogen) atoms. The van der Waals surface area contributed by atoms with Gasteiger partial charge in [-0.3, -0.25) is 0 Å². The Balaban J connectivity index is 1.76. The molecule has 2 aliphatic rings.